The van der Waals surface area contributed by atoms with E-state index in [9.17, 15) is 13.5 Å². The second-order valence-electron chi connectivity index (χ2n) is 2.76. The number of sulfone groups is 1. The van der Waals surface area contributed by atoms with Crippen LogP contribution in [0.4, 0.5) is 5.69 Å². The zero-order chi connectivity index (χ0) is 10.8. The predicted octanol–water partition coefficient (Wildman–Crippen LogP) is 0.934. The van der Waals surface area contributed by atoms with Crippen LogP contribution in [-0.2, 0) is 9.84 Å². The molecule has 0 fully saturated rings. The summed E-state index contributed by atoms with van der Waals surface area (Å²) in [5.74, 6) is -0.612. The molecule has 0 aliphatic rings. The maximum absolute atomic E-state index is 11.5. The van der Waals surface area contributed by atoms with E-state index in [4.69, 9.17) is 5.73 Å². The number of nitrogen functional groups attached to an aromatic ring is 1. The quantitative estimate of drug-likeness (QED) is 0.444. The SMILES string of the molecule is C=CCS(=O)(=O)c1cccc(N)c1O. The normalized spacial score (nSPS) is 11.1. The third-order valence-electron chi connectivity index (χ3n) is 1.70. The van der Waals surface area contributed by atoms with E-state index >= 15 is 0 Å². The lowest BCUT2D eigenvalue weighted by Crippen LogP contribution is -2.05. The average Bonchev–Trinajstić information content (AvgIpc) is 2.09. The summed E-state index contributed by atoms with van der Waals surface area (Å²) >= 11 is 0. The van der Waals surface area contributed by atoms with Crippen molar-refractivity contribution >= 4 is 15.5 Å². The van der Waals surface area contributed by atoms with Gasteiger partial charge in [-0.2, -0.15) is 0 Å². The number of aromatic hydroxyl groups is 1. The molecule has 0 aromatic heterocycles. The third-order valence-corrected chi connectivity index (χ3v) is 3.38. The first-order valence-electron chi connectivity index (χ1n) is 3.90. The molecule has 0 saturated carbocycles. The number of para-hydroxylation sites is 1. The minimum Gasteiger partial charge on any atom is -0.504 e. The molecule has 3 N–H and O–H groups in total. The number of rotatable bonds is 3. The molecule has 76 valence electrons. The summed E-state index contributed by atoms with van der Waals surface area (Å²) in [6.45, 7) is 3.33. The number of hydrogen-bond acceptors (Lipinski definition) is 4. The molecular formula is C9H11NO3S. The Balaban J connectivity index is 3.33. The highest BCUT2D eigenvalue weighted by Gasteiger charge is 2.18. The van der Waals surface area contributed by atoms with E-state index in [1.165, 1.54) is 24.3 Å². The van der Waals surface area contributed by atoms with Gasteiger partial charge in [0.1, 0.15) is 4.90 Å². The van der Waals surface area contributed by atoms with Gasteiger partial charge in [0.25, 0.3) is 0 Å². The van der Waals surface area contributed by atoms with Gasteiger partial charge in [-0.3, -0.25) is 0 Å². The Morgan fingerprint density at radius 3 is 2.71 bits per heavy atom. The maximum Gasteiger partial charge on any atom is 0.185 e. The zero-order valence-corrected chi connectivity index (χ0v) is 8.29. The summed E-state index contributed by atoms with van der Waals surface area (Å²) in [5, 5.41) is 9.42. The van der Waals surface area contributed by atoms with Crippen LogP contribution in [0.25, 0.3) is 0 Å². The Kier molecular flexibility index (Phi) is 2.81. The van der Waals surface area contributed by atoms with Crippen LogP contribution in [0.3, 0.4) is 0 Å². The fraction of sp³-hybridized carbons (Fsp3) is 0.111. The number of hydrogen-bond donors (Lipinski definition) is 2. The summed E-state index contributed by atoms with van der Waals surface area (Å²) in [6, 6.07) is 4.22. The van der Waals surface area contributed by atoms with Gasteiger partial charge in [0.2, 0.25) is 0 Å². The first kappa shape index (κ1) is 10.6. The van der Waals surface area contributed by atoms with Crippen LogP contribution in [0, 0.1) is 0 Å². The van der Waals surface area contributed by atoms with E-state index in [-0.39, 0.29) is 16.3 Å². The van der Waals surface area contributed by atoms with E-state index in [0.29, 0.717) is 0 Å². The molecule has 0 spiro atoms. The average molecular weight is 213 g/mol. The number of phenols is 1. The monoisotopic (exact) mass is 213 g/mol. The number of anilines is 1. The van der Waals surface area contributed by atoms with Gasteiger partial charge >= 0.3 is 0 Å². The van der Waals surface area contributed by atoms with Crippen molar-refractivity contribution < 1.29 is 13.5 Å². The molecule has 0 unspecified atom stereocenters. The second-order valence-corrected chi connectivity index (χ2v) is 4.77. The van der Waals surface area contributed by atoms with Gasteiger partial charge in [0.05, 0.1) is 11.4 Å². The molecule has 0 atom stereocenters. The first-order chi connectivity index (χ1) is 6.49. The molecule has 0 aliphatic carbocycles. The number of phenolic OH excluding ortho intramolecular Hbond substituents is 1. The molecule has 0 amide bonds. The van der Waals surface area contributed by atoms with Crippen LogP contribution in [-0.4, -0.2) is 19.3 Å². The highest BCUT2D eigenvalue weighted by Crippen LogP contribution is 2.29. The number of benzene rings is 1. The summed E-state index contributed by atoms with van der Waals surface area (Å²) in [4.78, 5) is -0.155. The molecule has 4 nitrogen and oxygen atoms in total. The van der Waals surface area contributed by atoms with Gasteiger partial charge in [-0.05, 0) is 12.1 Å². The van der Waals surface area contributed by atoms with Crippen LogP contribution in [0.1, 0.15) is 0 Å². The minimum absolute atomic E-state index is 0.0511. The van der Waals surface area contributed by atoms with Crippen molar-refractivity contribution in [1.82, 2.24) is 0 Å². The highest BCUT2D eigenvalue weighted by molar-refractivity contribution is 7.91. The van der Waals surface area contributed by atoms with Crippen LogP contribution >= 0.6 is 0 Å². The van der Waals surface area contributed by atoms with Gasteiger partial charge in [-0.1, -0.05) is 12.1 Å². The van der Waals surface area contributed by atoms with E-state index in [1.807, 2.05) is 0 Å². The van der Waals surface area contributed by atoms with Crippen molar-refractivity contribution in [3.63, 3.8) is 0 Å². The second kappa shape index (κ2) is 3.71. The minimum atomic E-state index is -3.51. The molecule has 0 bridgehead atoms. The molecule has 0 aliphatic heterocycles. The predicted molar refractivity (Wildman–Crippen MR) is 54.8 cm³/mol. The Bertz CT molecular complexity index is 451. The van der Waals surface area contributed by atoms with Crippen molar-refractivity contribution in [3.05, 3.63) is 30.9 Å². The lowest BCUT2D eigenvalue weighted by atomic mass is 10.3. The van der Waals surface area contributed by atoms with Crippen molar-refractivity contribution in [3.8, 4) is 5.75 Å². The first-order valence-corrected chi connectivity index (χ1v) is 5.55. The lowest BCUT2D eigenvalue weighted by molar-refractivity contribution is 0.461. The molecule has 0 saturated heterocycles. The largest absolute Gasteiger partial charge is 0.504 e. The van der Waals surface area contributed by atoms with Crippen LogP contribution in [0.5, 0.6) is 5.75 Å². The zero-order valence-electron chi connectivity index (χ0n) is 7.47. The van der Waals surface area contributed by atoms with Crippen molar-refractivity contribution in [1.29, 1.82) is 0 Å². The van der Waals surface area contributed by atoms with Gasteiger partial charge in [-0.15, -0.1) is 6.58 Å². The fourth-order valence-electron chi connectivity index (χ4n) is 1.04. The Morgan fingerprint density at radius 2 is 2.14 bits per heavy atom. The fourth-order valence-corrected chi connectivity index (χ4v) is 2.22. The highest BCUT2D eigenvalue weighted by atomic mass is 32.2. The van der Waals surface area contributed by atoms with E-state index in [1.54, 1.807) is 0 Å². The smallest absolute Gasteiger partial charge is 0.185 e. The molecular weight excluding hydrogens is 202 g/mol. The van der Waals surface area contributed by atoms with Crippen LogP contribution < -0.4 is 5.73 Å². The molecule has 14 heavy (non-hydrogen) atoms. The number of nitrogens with two attached hydrogens (primary N) is 1. The topological polar surface area (TPSA) is 80.4 Å². The Hall–Kier alpha value is -1.49. The van der Waals surface area contributed by atoms with Gasteiger partial charge in [0, 0.05) is 0 Å². The molecule has 5 heteroatoms. The summed E-state index contributed by atoms with van der Waals surface area (Å²) in [5.41, 5.74) is 5.42. The summed E-state index contributed by atoms with van der Waals surface area (Å²) < 4.78 is 23.0. The van der Waals surface area contributed by atoms with Gasteiger partial charge < -0.3 is 10.8 Å². The van der Waals surface area contributed by atoms with Crippen molar-refractivity contribution in [2.24, 2.45) is 0 Å². The van der Waals surface area contributed by atoms with Crippen LogP contribution in [0.2, 0.25) is 0 Å². The van der Waals surface area contributed by atoms with Gasteiger partial charge in [0.15, 0.2) is 15.6 Å². The molecule has 1 rings (SSSR count). The third kappa shape index (κ3) is 1.88. The van der Waals surface area contributed by atoms with Crippen molar-refractivity contribution in [2.45, 2.75) is 4.90 Å². The maximum atomic E-state index is 11.5. The molecule has 1 aromatic rings. The Morgan fingerprint density at radius 1 is 1.50 bits per heavy atom. The lowest BCUT2D eigenvalue weighted by Gasteiger charge is -2.05. The van der Waals surface area contributed by atoms with Crippen molar-refractivity contribution in [2.75, 3.05) is 11.5 Å². The van der Waals surface area contributed by atoms with E-state index in [2.05, 4.69) is 6.58 Å². The van der Waals surface area contributed by atoms with E-state index in [0.717, 1.165) is 0 Å². The summed E-state index contributed by atoms with van der Waals surface area (Å²) in [7, 11) is -3.51. The molecule has 0 heterocycles. The Labute approximate surface area is 82.6 Å². The van der Waals surface area contributed by atoms with Gasteiger partial charge in [-0.25, -0.2) is 8.42 Å². The summed E-state index contributed by atoms with van der Waals surface area (Å²) in [6.07, 6.45) is 1.26. The van der Waals surface area contributed by atoms with E-state index < -0.39 is 15.6 Å². The molecule has 1 aromatic carbocycles. The molecule has 0 radical (unpaired) electrons. The standard InChI is InChI=1S/C9H11NO3S/c1-2-6-14(12,13)8-5-3-4-7(10)9(8)11/h2-5,11H,1,6,10H2. The van der Waals surface area contributed by atoms with Crippen LogP contribution in [0.15, 0.2) is 35.7 Å².